The third-order valence-electron chi connectivity index (χ3n) is 3.09. The lowest BCUT2D eigenvalue weighted by atomic mass is 10.1. The minimum Gasteiger partial charge on any atom is -0.348 e. The maximum atomic E-state index is 12.1. The summed E-state index contributed by atoms with van der Waals surface area (Å²) in [6.07, 6.45) is 4.59. The lowest BCUT2D eigenvalue weighted by Gasteiger charge is -2.18. The zero-order chi connectivity index (χ0) is 16.0. The van der Waals surface area contributed by atoms with E-state index in [0.717, 1.165) is 17.4 Å². The molecule has 0 radical (unpaired) electrons. The van der Waals surface area contributed by atoms with Crippen molar-refractivity contribution in [2.45, 2.75) is 12.5 Å². The number of benzene rings is 1. The molecule has 0 saturated heterocycles. The first kappa shape index (κ1) is 16.2. The molecule has 0 unspecified atom stereocenters. The van der Waals surface area contributed by atoms with Gasteiger partial charge in [0.1, 0.15) is 9.84 Å². The van der Waals surface area contributed by atoms with Crippen molar-refractivity contribution in [3.05, 3.63) is 66.0 Å². The summed E-state index contributed by atoms with van der Waals surface area (Å²) in [6.45, 7) is 0. The van der Waals surface area contributed by atoms with Crippen LogP contribution in [-0.2, 0) is 21.1 Å². The number of pyridine rings is 1. The fourth-order valence-electron chi connectivity index (χ4n) is 2.14. The number of nitrogens with one attached hydrogen (secondary N) is 1. The molecule has 1 aromatic heterocycles. The summed E-state index contributed by atoms with van der Waals surface area (Å²) in [6, 6.07) is 12.1. The predicted octanol–water partition coefficient (Wildman–Crippen LogP) is 1.53. The number of carbonyl (C=O) groups is 1. The van der Waals surface area contributed by atoms with Crippen molar-refractivity contribution in [3.8, 4) is 0 Å². The van der Waals surface area contributed by atoms with Crippen LogP contribution in [0.15, 0.2) is 54.9 Å². The van der Waals surface area contributed by atoms with Gasteiger partial charge in [0.2, 0.25) is 5.91 Å². The Morgan fingerprint density at radius 3 is 2.50 bits per heavy atom. The quantitative estimate of drug-likeness (QED) is 0.876. The van der Waals surface area contributed by atoms with Crippen LogP contribution in [0.25, 0.3) is 0 Å². The van der Waals surface area contributed by atoms with Crippen LogP contribution in [0.1, 0.15) is 17.2 Å². The van der Waals surface area contributed by atoms with Gasteiger partial charge in [0, 0.05) is 18.6 Å². The minimum absolute atomic E-state index is 0.129. The zero-order valence-electron chi connectivity index (χ0n) is 12.3. The molecule has 0 fully saturated rings. The summed E-state index contributed by atoms with van der Waals surface area (Å²) in [5.74, 6) is -0.360. The van der Waals surface area contributed by atoms with Gasteiger partial charge in [-0.25, -0.2) is 8.42 Å². The van der Waals surface area contributed by atoms with Crippen LogP contribution in [-0.4, -0.2) is 31.3 Å². The maximum Gasteiger partial charge on any atom is 0.224 e. The molecule has 1 amide bonds. The topological polar surface area (TPSA) is 76.1 Å². The van der Waals surface area contributed by atoms with Crippen LogP contribution < -0.4 is 5.32 Å². The number of hydrogen-bond donors (Lipinski definition) is 1. The van der Waals surface area contributed by atoms with Gasteiger partial charge < -0.3 is 5.32 Å². The molecule has 0 aliphatic carbocycles. The van der Waals surface area contributed by atoms with Gasteiger partial charge >= 0.3 is 0 Å². The van der Waals surface area contributed by atoms with E-state index in [9.17, 15) is 13.2 Å². The van der Waals surface area contributed by atoms with Crippen LogP contribution >= 0.6 is 0 Å². The van der Waals surface area contributed by atoms with E-state index in [0.29, 0.717) is 0 Å². The minimum atomic E-state index is -3.22. The maximum absolute atomic E-state index is 12.1. The summed E-state index contributed by atoms with van der Waals surface area (Å²) in [5, 5.41) is 2.79. The van der Waals surface area contributed by atoms with Crippen LogP contribution in [0.5, 0.6) is 0 Å². The number of amides is 1. The van der Waals surface area contributed by atoms with Crippen molar-refractivity contribution in [2.24, 2.45) is 0 Å². The number of nitrogens with zero attached hydrogens (tertiary/aromatic N) is 1. The molecule has 1 aromatic carbocycles. The van der Waals surface area contributed by atoms with Gasteiger partial charge in [0.25, 0.3) is 0 Å². The van der Waals surface area contributed by atoms with E-state index in [1.807, 2.05) is 18.2 Å². The summed E-state index contributed by atoms with van der Waals surface area (Å²) in [7, 11) is -3.22. The zero-order valence-corrected chi connectivity index (χ0v) is 13.1. The molecule has 2 aromatic rings. The van der Waals surface area contributed by atoms with E-state index in [4.69, 9.17) is 0 Å². The van der Waals surface area contributed by atoms with Gasteiger partial charge in [0.05, 0.1) is 18.2 Å². The van der Waals surface area contributed by atoms with Gasteiger partial charge in [-0.1, -0.05) is 36.4 Å². The van der Waals surface area contributed by atoms with Crippen LogP contribution in [0.2, 0.25) is 0 Å². The second kappa shape index (κ2) is 7.17. The van der Waals surface area contributed by atoms with Crippen LogP contribution in [0.4, 0.5) is 0 Å². The van der Waals surface area contributed by atoms with Crippen molar-refractivity contribution >= 4 is 15.7 Å². The Balaban J connectivity index is 2.11. The van der Waals surface area contributed by atoms with E-state index in [-0.39, 0.29) is 18.1 Å². The summed E-state index contributed by atoms with van der Waals surface area (Å²) >= 11 is 0. The molecule has 1 heterocycles. The summed E-state index contributed by atoms with van der Waals surface area (Å²) < 4.78 is 23.2. The summed E-state index contributed by atoms with van der Waals surface area (Å²) in [4.78, 5) is 16.1. The molecule has 2 rings (SSSR count). The first-order valence-corrected chi connectivity index (χ1v) is 8.91. The SMILES string of the molecule is CS(=O)(=O)C[C@H](NC(=O)Cc1cccnc1)c1ccccc1. The molecule has 0 saturated carbocycles. The Morgan fingerprint density at radius 2 is 1.91 bits per heavy atom. The van der Waals surface area contributed by atoms with Gasteiger partial charge in [-0.05, 0) is 17.2 Å². The number of hydrogen-bond acceptors (Lipinski definition) is 4. The number of rotatable bonds is 6. The third-order valence-corrected chi connectivity index (χ3v) is 4.03. The lowest BCUT2D eigenvalue weighted by molar-refractivity contribution is -0.121. The molecule has 22 heavy (non-hydrogen) atoms. The Bertz CT molecular complexity index is 716. The molecule has 0 spiro atoms. The second-order valence-electron chi connectivity index (χ2n) is 5.16. The van der Waals surface area contributed by atoms with Gasteiger partial charge in [0.15, 0.2) is 0 Å². The predicted molar refractivity (Wildman–Crippen MR) is 85.0 cm³/mol. The molecule has 1 N–H and O–H groups in total. The highest BCUT2D eigenvalue weighted by molar-refractivity contribution is 7.90. The largest absolute Gasteiger partial charge is 0.348 e. The highest BCUT2D eigenvalue weighted by atomic mass is 32.2. The van der Waals surface area contributed by atoms with E-state index < -0.39 is 15.9 Å². The van der Waals surface area contributed by atoms with Gasteiger partial charge in [-0.15, -0.1) is 0 Å². The third kappa shape index (κ3) is 5.29. The smallest absolute Gasteiger partial charge is 0.224 e. The van der Waals surface area contributed by atoms with Crippen LogP contribution in [0, 0.1) is 0 Å². The highest BCUT2D eigenvalue weighted by Crippen LogP contribution is 2.15. The molecule has 5 nitrogen and oxygen atoms in total. The average molecular weight is 318 g/mol. The Morgan fingerprint density at radius 1 is 1.18 bits per heavy atom. The first-order chi connectivity index (χ1) is 10.4. The Kier molecular flexibility index (Phi) is 5.27. The number of sulfone groups is 1. The van der Waals surface area contributed by atoms with Gasteiger partial charge in [-0.2, -0.15) is 0 Å². The fraction of sp³-hybridized carbons (Fsp3) is 0.250. The van der Waals surface area contributed by atoms with Crippen molar-refractivity contribution < 1.29 is 13.2 Å². The normalized spacial score (nSPS) is 12.6. The molecule has 1 atom stereocenters. The molecular weight excluding hydrogens is 300 g/mol. The van der Waals surface area contributed by atoms with Crippen molar-refractivity contribution in [3.63, 3.8) is 0 Å². The Hall–Kier alpha value is -2.21. The van der Waals surface area contributed by atoms with E-state index >= 15 is 0 Å². The molecule has 0 aliphatic heterocycles. The molecule has 0 aliphatic rings. The molecule has 116 valence electrons. The highest BCUT2D eigenvalue weighted by Gasteiger charge is 2.19. The van der Waals surface area contributed by atoms with E-state index in [2.05, 4.69) is 10.3 Å². The van der Waals surface area contributed by atoms with Crippen LogP contribution in [0.3, 0.4) is 0 Å². The van der Waals surface area contributed by atoms with Gasteiger partial charge in [-0.3, -0.25) is 9.78 Å². The van der Waals surface area contributed by atoms with Crippen molar-refractivity contribution in [1.82, 2.24) is 10.3 Å². The van der Waals surface area contributed by atoms with E-state index in [1.54, 1.807) is 36.7 Å². The van der Waals surface area contributed by atoms with Crippen molar-refractivity contribution in [2.75, 3.05) is 12.0 Å². The second-order valence-corrected chi connectivity index (χ2v) is 7.35. The fourth-order valence-corrected chi connectivity index (χ4v) is 3.02. The van der Waals surface area contributed by atoms with E-state index in [1.165, 1.54) is 0 Å². The summed E-state index contributed by atoms with van der Waals surface area (Å²) in [5.41, 5.74) is 1.55. The van der Waals surface area contributed by atoms with Crippen molar-refractivity contribution in [1.29, 1.82) is 0 Å². The lowest BCUT2D eigenvalue weighted by Crippen LogP contribution is -2.34. The first-order valence-electron chi connectivity index (χ1n) is 6.85. The molecule has 6 heteroatoms. The average Bonchev–Trinajstić information content (AvgIpc) is 2.47. The number of aromatic nitrogens is 1. The molecular formula is C16H18N2O3S. The molecule has 0 bridgehead atoms. The Labute approximate surface area is 130 Å². The monoisotopic (exact) mass is 318 g/mol. The standard InChI is InChI=1S/C16H18N2O3S/c1-22(20,21)12-15(14-7-3-2-4-8-14)18-16(19)10-13-6-5-9-17-11-13/h2-9,11,15H,10,12H2,1H3,(H,18,19)/t15-/m0/s1. The number of carbonyl (C=O) groups excluding carboxylic acids is 1.